The van der Waals surface area contributed by atoms with Crippen molar-refractivity contribution in [1.29, 1.82) is 0 Å². The summed E-state index contributed by atoms with van der Waals surface area (Å²) in [6.07, 6.45) is 3.03. The number of amides is 1. The molecule has 15 heavy (non-hydrogen) atoms. The third-order valence-corrected chi connectivity index (χ3v) is 4.04. The number of ether oxygens (including phenoxy) is 1. The average Bonchev–Trinajstić information content (AvgIpc) is 2.63. The van der Waals surface area contributed by atoms with Gasteiger partial charge in [-0.15, -0.1) is 0 Å². The maximum absolute atomic E-state index is 11.4. The van der Waals surface area contributed by atoms with Crippen molar-refractivity contribution >= 4 is 15.7 Å². The van der Waals surface area contributed by atoms with Gasteiger partial charge in [-0.3, -0.25) is 4.79 Å². The Morgan fingerprint density at radius 1 is 1.60 bits per heavy atom. The summed E-state index contributed by atoms with van der Waals surface area (Å²) in [5, 5.41) is 1.60. The zero-order valence-corrected chi connectivity index (χ0v) is 9.84. The van der Waals surface area contributed by atoms with Crippen LogP contribution in [0.1, 0.15) is 19.8 Å². The lowest BCUT2D eigenvalue weighted by atomic mass is 10.2. The van der Waals surface area contributed by atoms with E-state index in [2.05, 4.69) is 5.32 Å². The summed E-state index contributed by atoms with van der Waals surface area (Å²) < 4.78 is 27.5. The van der Waals surface area contributed by atoms with E-state index in [4.69, 9.17) is 4.74 Å². The van der Waals surface area contributed by atoms with Gasteiger partial charge in [0.15, 0.2) is 9.84 Å². The monoisotopic (exact) mass is 235 g/mol. The maximum Gasteiger partial charge on any atom is 0.238 e. The van der Waals surface area contributed by atoms with Crippen LogP contribution in [0, 0.1) is 0 Å². The van der Waals surface area contributed by atoms with Crippen LogP contribution in [0.5, 0.6) is 0 Å². The molecule has 1 saturated heterocycles. The van der Waals surface area contributed by atoms with Gasteiger partial charge in [0.2, 0.25) is 5.91 Å². The Bertz CT molecular complexity index is 319. The Morgan fingerprint density at radius 3 is 2.73 bits per heavy atom. The molecule has 1 amide bonds. The first-order chi connectivity index (χ1) is 6.91. The number of carbonyl (C=O) groups is 1. The van der Waals surface area contributed by atoms with Crippen LogP contribution >= 0.6 is 0 Å². The van der Waals surface area contributed by atoms with Crippen LogP contribution in [0.25, 0.3) is 0 Å². The quantitative estimate of drug-likeness (QED) is 0.727. The molecule has 0 aromatic carbocycles. The Balaban J connectivity index is 2.35. The zero-order chi connectivity index (χ0) is 11.5. The van der Waals surface area contributed by atoms with Crippen molar-refractivity contribution < 1.29 is 17.9 Å². The minimum absolute atomic E-state index is 0.0423. The third-order valence-electron chi connectivity index (χ3n) is 2.54. The number of carbonyl (C=O) groups excluding carboxylic acids is 1. The first kappa shape index (κ1) is 12.4. The van der Waals surface area contributed by atoms with E-state index in [9.17, 15) is 13.2 Å². The SMILES string of the molecule is C[C@H](C(=O)NC[C@H]1CCCO1)S(C)(=O)=O. The third kappa shape index (κ3) is 3.79. The normalized spacial score (nSPS) is 23.7. The van der Waals surface area contributed by atoms with Gasteiger partial charge in [0.1, 0.15) is 5.25 Å². The molecule has 1 heterocycles. The van der Waals surface area contributed by atoms with Crippen molar-refractivity contribution in [1.82, 2.24) is 5.32 Å². The Morgan fingerprint density at radius 2 is 2.27 bits per heavy atom. The summed E-state index contributed by atoms with van der Waals surface area (Å²) in [5.74, 6) is -0.451. The van der Waals surface area contributed by atoms with Crippen molar-refractivity contribution in [2.75, 3.05) is 19.4 Å². The van der Waals surface area contributed by atoms with Gasteiger partial charge in [0, 0.05) is 19.4 Å². The summed E-state index contributed by atoms with van der Waals surface area (Å²) in [6, 6.07) is 0. The molecule has 0 saturated carbocycles. The molecule has 0 aromatic heterocycles. The molecule has 6 heteroatoms. The highest BCUT2D eigenvalue weighted by molar-refractivity contribution is 7.92. The largest absolute Gasteiger partial charge is 0.376 e. The minimum Gasteiger partial charge on any atom is -0.376 e. The fraction of sp³-hybridized carbons (Fsp3) is 0.889. The van der Waals surface area contributed by atoms with Gasteiger partial charge in [-0.05, 0) is 19.8 Å². The second-order valence-corrected chi connectivity index (χ2v) is 6.22. The second kappa shape index (κ2) is 4.94. The fourth-order valence-electron chi connectivity index (χ4n) is 1.36. The molecule has 0 unspecified atom stereocenters. The van der Waals surface area contributed by atoms with E-state index in [1.807, 2.05) is 0 Å². The second-order valence-electron chi connectivity index (χ2n) is 3.85. The van der Waals surface area contributed by atoms with Crippen LogP contribution in [0.2, 0.25) is 0 Å². The highest BCUT2D eigenvalue weighted by atomic mass is 32.2. The van der Waals surface area contributed by atoms with Crippen LogP contribution in [0.4, 0.5) is 0 Å². The van der Waals surface area contributed by atoms with E-state index in [-0.39, 0.29) is 6.10 Å². The van der Waals surface area contributed by atoms with Crippen LogP contribution in [-0.2, 0) is 19.4 Å². The van der Waals surface area contributed by atoms with Gasteiger partial charge in [-0.1, -0.05) is 0 Å². The van der Waals surface area contributed by atoms with Gasteiger partial charge in [0.25, 0.3) is 0 Å². The lowest BCUT2D eigenvalue weighted by Crippen LogP contribution is -2.40. The van der Waals surface area contributed by atoms with Crippen LogP contribution in [0.15, 0.2) is 0 Å². The van der Waals surface area contributed by atoms with Crippen molar-refractivity contribution in [3.8, 4) is 0 Å². The van der Waals surface area contributed by atoms with Gasteiger partial charge in [0.05, 0.1) is 6.10 Å². The summed E-state index contributed by atoms with van der Waals surface area (Å²) in [6.45, 7) is 2.51. The van der Waals surface area contributed by atoms with Crippen molar-refractivity contribution in [2.24, 2.45) is 0 Å². The Hall–Kier alpha value is -0.620. The number of nitrogens with one attached hydrogen (secondary N) is 1. The molecule has 0 bridgehead atoms. The van der Waals surface area contributed by atoms with E-state index < -0.39 is 21.0 Å². The van der Waals surface area contributed by atoms with E-state index in [0.717, 1.165) is 25.7 Å². The first-order valence-electron chi connectivity index (χ1n) is 4.99. The molecule has 0 aromatic rings. The molecule has 1 rings (SSSR count). The van der Waals surface area contributed by atoms with Gasteiger partial charge < -0.3 is 10.1 Å². The number of hydrogen-bond donors (Lipinski definition) is 1. The molecule has 1 aliphatic heterocycles. The predicted octanol–water partition coefficient (Wildman–Crippen LogP) is -0.285. The molecule has 0 aliphatic carbocycles. The van der Waals surface area contributed by atoms with Gasteiger partial charge in [-0.25, -0.2) is 8.42 Å². The molecule has 1 N–H and O–H groups in total. The zero-order valence-electron chi connectivity index (χ0n) is 9.02. The molecular weight excluding hydrogens is 218 g/mol. The van der Waals surface area contributed by atoms with E-state index in [0.29, 0.717) is 6.54 Å². The molecular formula is C9H17NO4S. The Kier molecular flexibility index (Phi) is 4.10. The standard InChI is InChI=1S/C9H17NO4S/c1-7(15(2,12)13)9(11)10-6-8-4-3-5-14-8/h7-8H,3-6H2,1-2H3,(H,10,11)/t7-,8-/m1/s1. The molecule has 1 fully saturated rings. The molecule has 0 spiro atoms. The lowest BCUT2D eigenvalue weighted by molar-refractivity contribution is -0.120. The van der Waals surface area contributed by atoms with Crippen molar-refractivity contribution in [3.05, 3.63) is 0 Å². The summed E-state index contributed by atoms with van der Waals surface area (Å²) in [5.41, 5.74) is 0. The highest BCUT2D eigenvalue weighted by Gasteiger charge is 2.24. The van der Waals surface area contributed by atoms with Gasteiger partial charge >= 0.3 is 0 Å². The molecule has 2 atom stereocenters. The molecule has 0 radical (unpaired) electrons. The van der Waals surface area contributed by atoms with E-state index in [1.54, 1.807) is 0 Å². The topological polar surface area (TPSA) is 72.5 Å². The number of hydrogen-bond acceptors (Lipinski definition) is 4. The Labute approximate surface area is 90.1 Å². The number of rotatable bonds is 4. The fourth-order valence-corrected chi connectivity index (χ4v) is 1.83. The van der Waals surface area contributed by atoms with E-state index in [1.165, 1.54) is 6.92 Å². The van der Waals surface area contributed by atoms with Crippen molar-refractivity contribution in [2.45, 2.75) is 31.1 Å². The van der Waals surface area contributed by atoms with Crippen molar-refractivity contribution in [3.63, 3.8) is 0 Å². The van der Waals surface area contributed by atoms with Crippen LogP contribution in [0.3, 0.4) is 0 Å². The lowest BCUT2D eigenvalue weighted by Gasteiger charge is -2.13. The highest BCUT2D eigenvalue weighted by Crippen LogP contribution is 2.10. The molecule has 1 aliphatic rings. The summed E-state index contributed by atoms with van der Waals surface area (Å²) in [4.78, 5) is 11.4. The maximum atomic E-state index is 11.4. The van der Waals surface area contributed by atoms with Crippen LogP contribution in [-0.4, -0.2) is 45.1 Å². The summed E-state index contributed by atoms with van der Waals surface area (Å²) in [7, 11) is -3.30. The van der Waals surface area contributed by atoms with Gasteiger partial charge in [-0.2, -0.15) is 0 Å². The molecule has 88 valence electrons. The number of sulfone groups is 1. The van der Waals surface area contributed by atoms with E-state index >= 15 is 0 Å². The average molecular weight is 235 g/mol. The molecule has 5 nitrogen and oxygen atoms in total. The summed E-state index contributed by atoms with van der Waals surface area (Å²) >= 11 is 0. The smallest absolute Gasteiger partial charge is 0.238 e. The van der Waals surface area contributed by atoms with Crippen LogP contribution < -0.4 is 5.32 Å². The minimum atomic E-state index is -3.30. The first-order valence-corrected chi connectivity index (χ1v) is 6.95. The predicted molar refractivity (Wildman–Crippen MR) is 56.3 cm³/mol.